The summed E-state index contributed by atoms with van der Waals surface area (Å²) in [4.78, 5) is 4.40. The van der Waals surface area contributed by atoms with Crippen LogP contribution in [-0.4, -0.2) is 16.1 Å². The number of nitrogens with zero attached hydrogens (tertiary/aromatic N) is 2. The standard InChI is InChI=1S/C15H20BrN3/c1-3-4-8-17-15-18-9-10-19(15)12(2)13-6-5-7-14(16)11-13/h5-7,9-12H,3-4,8H2,1-2H3,(H,17,18). The summed E-state index contributed by atoms with van der Waals surface area (Å²) >= 11 is 3.52. The first kappa shape index (κ1) is 14.1. The van der Waals surface area contributed by atoms with Crippen LogP contribution in [0.5, 0.6) is 0 Å². The summed E-state index contributed by atoms with van der Waals surface area (Å²) in [5, 5.41) is 3.40. The van der Waals surface area contributed by atoms with Crippen LogP contribution >= 0.6 is 15.9 Å². The van der Waals surface area contributed by atoms with Crippen LogP contribution in [0.15, 0.2) is 41.1 Å². The van der Waals surface area contributed by atoms with E-state index in [9.17, 15) is 0 Å². The maximum atomic E-state index is 4.40. The number of hydrogen-bond acceptors (Lipinski definition) is 2. The third-order valence-electron chi connectivity index (χ3n) is 3.23. The third kappa shape index (κ3) is 3.60. The van der Waals surface area contributed by atoms with Crippen molar-refractivity contribution < 1.29 is 0 Å². The van der Waals surface area contributed by atoms with Crippen LogP contribution in [0.2, 0.25) is 0 Å². The monoisotopic (exact) mass is 321 g/mol. The topological polar surface area (TPSA) is 29.9 Å². The molecule has 0 fully saturated rings. The fourth-order valence-corrected chi connectivity index (χ4v) is 2.48. The molecule has 1 heterocycles. The van der Waals surface area contributed by atoms with E-state index in [1.54, 1.807) is 0 Å². The highest BCUT2D eigenvalue weighted by Gasteiger charge is 2.11. The van der Waals surface area contributed by atoms with Crippen LogP contribution in [0.3, 0.4) is 0 Å². The van der Waals surface area contributed by atoms with E-state index < -0.39 is 0 Å². The largest absolute Gasteiger partial charge is 0.356 e. The molecular formula is C15H20BrN3. The van der Waals surface area contributed by atoms with Gasteiger partial charge in [0, 0.05) is 23.4 Å². The minimum absolute atomic E-state index is 0.268. The number of halogens is 1. The van der Waals surface area contributed by atoms with Gasteiger partial charge < -0.3 is 9.88 Å². The fraction of sp³-hybridized carbons (Fsp3) is 0.400. The molecule has 19 heavy (non-hydrogen) atoms. The Labute approximate surface area is 123 Å². The molecule has 1 aromatic carbocycles. The molecule has 0 spiro atoms. The first-order valence-electron chi connectivity index (χ1n) is 6.74. The number of rotatable bonds is 6. The summed E-state index contributed by atoms with van der Waals surface area (Å²) in [5.74, 6) is 0.945. The number of imidazole rings is 1. The Hall–Kier alpha value is -1.29. The number of benzene rings is 1. The molecule has 1 N–H and O–H groups in total. The van der Waals surface area contributed by atoms with Crippen molar-refractivity contribution in [3.8, 4) is 0 Å². The van der Waals surface area contributed by atoms with E-state index in [4.69, 9.17) is 0 Å². The Morgan fingerprint density at radius 1 is 1.42 bits per heavy atom. The molecule has 0 amide bonds. The Balaban J connectivity index is 2.15. The van der Waals surface area contributed by atoms with Crippen LogP contribution in [-0.2, 0) is 0 Å². The Bertz CT molecular complexity index is 522. The zero-order valence-electron chi connectivity index (χ0n) is 11.4. The van der Waals surface area contributed by atoms with E-state index in [1.165, 1.54) is 12.0 Å². The predicted molar refractivity (Wildman–Crippen MR) is 83.6 cm³/mol. The number of nitrogens with one attached hydrogen (secondary N) is 1. The molecule has 0 aliphatic rings. The molecule has 0 aliphatic carbocycles. The molecule has 2 aromatic rings. The van der Waals surface area contributed by atoms with E-state index in [2.05, 4.69) is 62.8 Å². The van der Waals surface area contributed by atoms with Gasteiger partial charge in [0.1, 0.15) is 0 Å². The molecule has 1 atom stereocenters. The van der Waals surface area contributed by atoms with Gasteiger partial charge in [-0.3, -0.25) is 0 Å². The molecule has 0 saturated carbocycles. The molecule has 2 rings (SSSR count). The van der Waals surface area contributed by atoms with Gasteiger partial charge in [0.2, 0.25) is 5.95 Å². The zero-order chi connectivity index (χ0) is 13.7. The van der Waals surface area contributed by atoms with Gasteiger partial charge in [0.05, 0.1) is 6.04 Å². The lowest BCUT2D eigenvalue weighted by Gasteiger charge is -2.17. The molecule has 1 unspecified atom stereocenters. The minimum Gasteiger partial charge on any atom is -0.356 e. The van der Waals surface area contributed by atoms with Gasteiger partial charge in [-0.05, 0) is 31.0 Å². The molecule has 0 saturated heterocycles. The quantitative estimate of drug-likeness (QED) is 0.796. The highest BCUT2D eigenvalue weighted by atomic mass is 79.9. The summed E-state index contributed by atoms with van der Waals surface area (Å²) in [6.07, 6.45) is 6.23. The number of aromatic nitrogens is 2. The van der Waals surface area contributed by atoms with Crippen LogP contribution in [0, 0.1) is 0 Å². The highest BCUT2D eigenvalue weighted by molar-refractivity contribution is 9.10. The summed E-state index contributed by atoms with van der Waals surface area (Å²) in [6.45, 7) is 5.35. The normalized spacial score (nSPS) is 12.4. The van der Waals surface area contributed by atoms with Crippen molar-refractivity contribution in [1.82, 2.24) is 9.55 Å². The molecule has 0 radical (unpaired) electrons. The van der Waals surface area contributed by atoms with Gasteiger partial charge in [-0.25, -0.2) is 4.98 Å². The lowest BCUT2D eigenvalue weighted by atomic mass is 10.1. The van der Waals surface area contributed by atoms with Crippen molar-refractivity contribution in [2.45, 2.75) is 32.7 Å². The smallest absolute Gasteiger partial charge is 0.203 e. The number of anilines is 1. The second kappa shape index (κ2) is 6.75. The zero-order valence-corrected chi connectivity index (χ0v) is 13.0. The average molecular weight is 322 g/mol. The lowest BCUT2D eigenvalue weighted by Crippen LogP contribution is -2.12. The van der Waals surface area contributed by atoms with E-state index in [1.807, 2.05) is 18.5 Å². The van der Waals surface area contributed by atoms with Crippen molar-refractivity contribution in [2.75, 3.05) is 11.9 Å². The van der Waals surface area contributed by atoms with Gasteiger partial charge in [0.15, 0.2) is 0 Å². The van der Waals surface area contributed by atoms with Crippen LogP contribution in [0.4, 0.5) is 5.95 Å². The van der Waals surface area contributed by atoms with Crippen LogP contribution in [0.1, 0.15) is 38.3 Å². The first-order chi connectivity index (χ1) is 9.22. The lowest BCUT2D eigenvalue weighted by molar-refractivity contribution is 0.641. The molecule has 102 valence electrons. The van der Waals surface area contributed by atoms with Gasteiger partial charge >= 0.3 is 0 Å². The first-order valence-corrected chi connectivity index (χ1v) is 7.54. The maximum absolute atomic E-state index is 4.40. The Morgan fingerprint density at radius 2 is 2.26 bits per heavy atom. The van der Waals surface area contributed by atoms with Gasteiger partial charge in [-0.15, -0.1) is 0 Å². The molecule has 1 aromatic heterocycles. The maximum Gasteiger partial charge on any atom is 0.203 e. The molecule has 0 bridgehead atoms. The van der Waals surface area contributed by atoms with Crippen molar-refractivity contribution in [3.63, 3.8) is 0 Å². The second-order valence-electron chi connectivity index (χ2n) is 4.67. The van der Waals surface area contributed by atoms with Crippen molar-refractivity contribution >= 4 is 21.9 Å². The molecule has 4 heteroatoms. The van der Waals surface area contributed by atoms with Crippen molar-refractivity contribution in [1.29, 1.82) is 0 Å². The fourth-order valence-electron chi connectivity index (χ4n) is 2.07. The van der Waals surface area contributed by atoms with Gasteiger partial charge in [-0.1, -0.05) is 41.4 Å². The van der Waals surface area contributed by atoms with Crippen molar-refractivity contribution in [2.24, 2.45) is 0 Å². The highest BCUT2D eigenvalue weighted by Crippen LogP contribution is 2.24. The number of hydrogen-bond donors (Lipinski definition) is 1. The molecular weight excluding hydrogens is 302 g/mol. The molecule has 3 nitrogen and oxygen atoms in total. The summed E-state index contributed by atoms with van der Waals surface area (Å²) in [7, 11) is 0. The minimum atomic E-state index is 0.268. The Morgan fingerprint density at radius 3 is 3.00 bits per heavy atom. The van der Waals surface area contributed by atoms with Gasteiger partial charge in [-0.2, -0.15) is 0 Å². The van der Waals surface area contributed by atoms with Crippen LogP contribution in [0.25, 0.3) is 0 Å². The third-order valence-corrected chi connectivity index (χ3v) is 3.72. The SMILES string of the molecule is CCCCNc1nccn1C(C)c1cccc(Br)c1. The van der Waals surface area contributed by atoms with E-state index in [-0.39, 0.29) is 6.04 Å². The van der Waals surface area contributed by atoms with Crippen LogP contribution < -0.4 is 5.32 Å². The summed E-state index contributed by atoms with van der Waals surface area (Å²) in [6, 6.07) is 8.68. The summed E-state index contributed by atoms with van der Waals surface area (Å²) in [5.41, 5.74) is 1.27. The van der Waals surface area contributed by atoms with Gasteiger partial charge in [0.25, 0.3) is 0 Å². The summed E-state index contributed by atoms with van der Waals surface area (Å²) < 4.78 is 3.29. The van der Waals surface area contributed by atoms with E-state index in [0.29, 0.717) is 0 Å². The van der Waals surface area contributed by atoms with E-state index in [0.717, 1.165) is 23.4 Å². The molecule has 0 aliphatic heterocycles. The predicted octanol–water partition coefficient (Wildman–Crippen LogP) is 4.47. The van der Waals surface area contributed by atoms with E-state index >= 15 is 0 Å². The average Bonchev–Trinajstić information content (AvgIpc) is 2.86. The Kier molecular flexibility index (Phi) is 5.02. The second-order valence-corrected chi connectivity index (χ2v) is 5.59. The van der Waals surface area contributed by atoms with Crippen molar-refractivity contribution in [3.05, 3.63) is 46.7 Å². The number of unbranched alkanes of at least 4 members (excludes halogenated alkanes) is 1.